The van der Waals surface area contributed by atoms with Crippen molar-refractivity contribution in [3.63, 3.8) is 0 Å². The van der Waals surface area contributed by atoms with Gasteiger partial charge < -0.3 is 5.32 Å². The van der Waals surface area contributed by atoms with E-state index in [0.717, 1.165) is 31.5 Å². The van der Waals surface area contributed by atoms with E-state index in [1.807, 2.05) is 0 Å². The molecular weight excluding hydrogens is 306 g/mol. The number of sulfonamides is 1. The van der Waals surface area contributed by atoms with Crippen LogP contribution in [0.2, 0.25) is 0 Å². The number of thiazole rings is 1. The van der Waals surface area contributed by atoms with Crippen molar-refractivity contribution in [2.24, 2.45) is 5.92 Å². The number of aryl methyl sites for hydroxylation is 1. The van der Waals surface area contributed by atoms with E-state index in [4.69, 9.17) is 0 Å². The molecule has 0 amide bonds. The van der Waals surface area contributed by atoms with Gasteiger partial charge in [-0.2, -0.15) is 0 Å². The minimum atomic E-state index is -3.05. The Kier molecular flexibility index (Phi) is 5.76. The van der Waals surface area contributed by atoms with Gasteiger partial charge in [0.2, 0.25) is 10.0 Å². The first-order valence-electron chi connectivity index (χ1n) is 7.53. The summed E-state index contributed by atoms with van der Waals surface area (Å²) in [5.41, 5.74) is 1.09. The molecule has 0 unspecified atom stereocenters. The summed E-state index contributed by atoms with van der Waals surface area (Å²) in [6.07, 6.45) is 4.31. The molecule has 1 fully saturated rings. The third kappa shape index (κ3) is 4.74. The van der Waals surface area contributed by atoms with Crippen molar-refractivity contribution in [3.8, 4) is 0 Å². The average Bonchev–Trinajstić information content (AvgIpc) is 2.93. The fourth-order valence-corrected chi connectivity index (χ4v) is 4.41. The quantitative estimate of drug-likeness (QED) is 0.866. The molecule has 2 heterocycles. The number of rotatable bonds is 6. The van der Waals surface area contributed by atoms with Crippen LogP contribution in [0, 0.1) is 5.92 Å². The molecule has 21 heavy (non-hydrogen) atoms. The van der Waals surface area contributed by atoms with Gasteiger partial charge in [-0.15, -0.1) is 11.3 Å². The molecule has 0 bridgehead atoms. The molecule has 1 aliphatic rings. The molecule has 1 aromatic rings. The zero-order valence-electron chi connectivity index (χ0n) is 13.0. The first kappa shape index (κ1) is 16.9. The van der Waals surface area contributed by atoms with Crippen LogP contribution in [-0.2, 0) is 16.4 Å². The predicted molar refractivity (Wildman–Crippen MR) is 87.1 cm³/mol. The molecule has 1 aliphatic heterocycles. The van der Waals surface area contributed by atoms with Gasteiger partial charge in [0.1, 0.15) is 0 Å². The number of aromatic nitrogens is 1. The van der Waals surface area contributed by atoms with E-state index in [-0.39, 0.29) is 6.04 Å². The lowest BCUT2D eigenvalue weighted by molar-refractivity contribution is 0.256. The highest BCUT2D eigenvalue weighted by Crippen LogP contribution is 2.20. The van der Waals surface area contributed by atoms with Gasteiger partial charge in [0.15, 0.2) is 0 Å². The van der Waals surface area contributed by atoms with Gasteiger partial charge in [0.05, 0.1) is 17.0 Å². The summed E-state index contributed by atoms with van der Waals surface area (Å²) in [4.78, 5) is 4.60. The number of nitrogens with zero attached hydrogens (tertiary/aromatic N) is 2. The maximum absolute atomic E-state index is 11.6. The van der Waals surface area contributed by atoms with E-state index >= 15 is 0 Å². The van der Waals surface area contributed by atoms with Crippen molar-refractivity contribution < 1.29 is 8.42 Å². The SMILES string of the molecule is CCc1nc([C@H](C)NC[C@@H]2CCCN(S(C)(=O)=O)C2)cs1. The molecule has 0 aliphatic carbocycles. The number of nitrogens with one attached hydrogen (secondary N) is 1. The largest absolute Gasteiger partial charge is 0.309 e. The van der Waals surface area contributed by atoms with Gasteiger partial charge in [-0.25, -0.2) is 17.7 Å². The summed E-state index contributed by atoms with van der Waals surface area (Å²) in [6.45, 7) is 6.37. The summed E-state index contributed by atoms with van der Waals surface area (Å²) >= 11 is 1.70. The topological polar surface area (TPSA) is 62.3 Å². The normalized spacial score (nSPS) is 22.3. The van der Waals surface area contributed by atoms with Gasteiger partial charge >= 0.3 is 0 Å². The highest BCUT2D eigenvalue weighted by atomic mass is 32.2. The monoisotopic (exact) mass is 331 g/mol. The molecule has 120 valence electrons. The molecule has 5 nitrogen and oxygen atoms in total. The summed E-state index contributed by atoms with van der Waals surface area (Å²) in [5, 5.41) is 6.78. The van der Waals surface area contributed by atoms with E-state index in [1.165, 1.54) is 11.3 Å². The highest BCUT2D eigenvalue weighted by Gasteiger charge is 2.26. The van der Waals surface area contributed by atoms with E-state index < -0.39 is 10.0 Å². The Hall–Kier alpha value is -0.500. The standard InChI is InChI=1S/C14H25N3O2S2/c1-4-14-16-13(10-20-14)11(2)15-8-12-6-5-7-17(9-12)21(3,18)19/h10-12,15H,4-9H2,1-3H3/t11-,12-/m0/s1. The third-order valence-corrected chi connectivity index (χ3v) is 6.26. The van der Waals surface area contributed by atoms with Gasteiger partial charge in [-0.3, -0.25) is 0 Å². The van der Waals surface area contributed by atoms with E-state index in [2.05, 4.69) is 29.5 Å². The second-order valence-corrected chi connectivity index (χ2v) is 8.70. The van der Waals surface area contributed by atoms with Crippen LogP contribution in [0.25, 0.3) is 0 Å². The lowest BCUT2D eigenvalue weighted by Gasteiger charge is -2.31. The molecule has 0 saturated carbocycles. The summed E-state index contributed by atoms with van der Waals surface area (Å²) in [7, 11) is -3.05. The van der Waals surface area contributed by atoms with Crippen molar-refractivity contribution >= 4 is 21.4 Å². The van der Waals surface area contributed by atoms with E-state index in [1.54, 1.807) is 15.6 Å². The maximum atomic E-state index is 11.6. The molecule has 0 aromatic carbocycles. The Labute approximate surface area is 131 Å². The minimum absolute atomic E-state index is 0.218. The minimum Gasteiger partial charge on any atom is -0.309 e. The Morgan fingerprint density at radius 1 is 1.57 bits per heavy atom. The van der Waals surface area contributed by atoms with Crippen LogP contribution in [0.5, 0.6) is 0 Å². The molecule has 0 radical (unpaired) electrons. The van der Waals surface area contributed by atoms with Crippen molar-refractivity contribution in [2.75, 3.05) is 25.9 Å². The predicted octanol–water partition coefficient (Wildman–Crippen LogP) is 2.03. The Bertz CT molecular complexity index is 556. The van der Waals surface area contributed by atoms with Crippen molar-refractivity contribution in [3.05, 3.63) is 16.1 Å². The van der Waals surface area contributed by atoms with Gasteiger partial charge in [-0.05, 0) is 38.6 Å². The Morgan fingerprint density at radius 2 is 2.33 bits per heavy atom. The van der Waals surface area contributed by atoms with Crippen molar-refractivity contribution in [1.29, 1.82) is 0 Å². The van der Waals surface area contributed by atoms with Gasteiger partial charge in [0, 0.05) is 24.5 Å². The van der Waals surface area contributed by atoms with Gasteiger partial charge in [0.25, 0.3) is 0 Å². The maximum Gasteiger partial charge on any atom is 0.211 e. The second kappa shape index (κ2) is 7.17. The Balaban J connectivity index is 1.84. The smallest absolute Gasteiger partial charge is 0.211 e. The second-order valence-electron chi connectivity index (χ2n) is 5.78. The van der Waals surface area contributed by atoms with Crippen LogP contribution in [0.3, 0.4) is 0 Å². The fourth-order valence-electron chi connectivity index (χ4n) is 2.63. The highest BCUT2D eigenvalue weighted by molar-refractivity contribution is 7.88. The molecule has 1 N–H and O–H groups in total. The molecule has 1 aromatic heterocycles. The summed E-state index contributed by atoms with van der Waals surface area (Å²) in [6, 6.07) is 0.218. The van der Waals surface area contributed by atoms with Crippen LogP contribution in [0.1, 0.15) is 43.4 Å². The third-order valence-electron chi connectivity index (χ3n) is 3.98. The lowest BCUT2D eigenvalue weighted by Crippen LogP contribution is -2.42. The van der Waals surface area contributed by atoms with Crippen molar-refractivity contribution in [1.82, 2.24) is 14.6 Å². The number of piperidine rings is 1. The molecular formula is C14H25N3O2S2. The fraction of sp³-hybridized carbons (Fsp3) is 0.786. The molecule has 2 rings (SSSR count). The number of hydrogen-bond acceptors (Lipinski definition) is 5. The van der Waals surface area contributed by atoms with Crippen LogP contribution in [0.4, 0.5) is 0 Å². The van der Waals surface area contributed by atoms with Crippen molar-refractivity contribution in [2.45, 2.75) is 39.2 Å². The molecule has 1 saturated heterocycles. The first-order chi connectivity index (χ1) is 9.90. The van der Waals surface area contributed by atoms with E-state index in [9.17, 15) is 8.42 Å². The zero-order chi connectivity index (χ0) is 15.5. The number of hydrogen-bond donors (Lipinski definition) is 1. The zero-order valence-corrected chi connectivity index (χ0v) is 14.6. The first-order valence-corrected chi connectivity index (χ1v) is 10.3. The van der Waals surface area contributed by atoms with Crippen LogP contribution in [-0.4, -0.2) is 43.6 Å². The molecule has 7 heteroatoms. The van der Waals surface area contributed by atoms with Crippen LogP contribution < -0.4 is 5.32 Å². The molecule has 2 atom stereocenters. The van der Waals surface area contributed by atoms with Crippen LogP contribution >= 0.6 is 11.3 Å². The summed E-state index contributed by atoms with van der Waals surface area (Å²) < 4.78 is 24.9. The van der Waals surface area contributed by atoms with E-state index in [0.29, 0.717) is 19.0 Å². The molecule has 0 spiro atoms. The lowest BCUT2D eigenvalue weighted by atomic mass is 9.99. The van der Waals surface area contributed by atoms with Gasteiger partial charge in [-0.1, -0.05) is 6.92 Å². The average molecular weight is 332 g/mol. The van der Waals surface area contributed by atoms with Crippen LogP contribution in [0.15, 0.2) is 5.38 Å². The summed E-state index contributed by atoms with van der Waals surface area (Å²) in [5.74, 6) is 0.389. The Morgan fingerprint density at radius 3 is 2.95 bits per heavy atom.